The molecular weight excluding hydrogens is 322 g/mol. The molecule has 1 aromatic heterocycles. The second kappa shape index (κ2) is 8.16. The summed E-state index contributed by atoms with van der Waals surface area (Å²) >= 11 is 1.12. The van der Waals surface area contributed by atoms with E-state index in [1.807, 2.05) is 0 Å². The van der Waals surface area contributed by atoms with Gasteiger partial charge < -0.3 is 10.1 Å². The molecule has 1 saturated heterocycles. The van der Waals surface area contributed by atoms with Crippen LogP contribution in [0.15, 0.2) is 9.95 Å². The SMILES string of the molecule is CCNC(=O)NC(=O)[C@H](C)Sc1n[nH]c(=O)n1C[C@@H]1CCCO1. The number of carbonyl (C=O) groups is 2. The van der Waals surface area contributed by atoms with E-state index in [0.717, 1.165) is 24.6 Å². The molecule has 0 saturated carbocycles. The fourth-order valence-electron chi connectivity index (χ4n) is 2.18. The zero-order chi connectivity index (χ0) is 16.8. The summed E-state index contributed by atoms with van der Waals surface area (Å²) < 4.78 is 6.99. The van der Waals surface area contributed by atoms with Crippen LogP contribution < -0.4 is 16.3 Å². The highest BCUT2D eigenvalue weighted by Gasteiger charge is 2.23. The molecule has 2 rings (SSSR count). The molecule has 128 valence electrons. The van der Waals surface area contributed by atoms with Crippen LogP contribution in [0.1, 0.15) is 26.7 Å². The lowest BCUT2D eigenvalue weighted by Crippen LogP contribution is -2.42. The number of amides is 3. The molecule has 1 aliphatic rings. The molecule has 1 aromatic rings. The second-order valence-corrected chi connectivity index (χ2v) is 6.47. The van der Waals surface area contributed by atoms with E-state index in [9.17, 15) is 14.4 Å². The molecule has 10 heteroatoms. The average molecular weight is 343 g/mol. The van der Waals surface area contributed by atoms with Gasteiger partial charge in [0.2, 0.25) is 5.91 Å². The summed E-state index contributed by atoms with van der Waals surface area (Å²) in [5.41, 5.74) is -0.334. The summed E-state index contributed by atoms with van der Waals surface area (Å²) in [5.74, 6) is -0.444. The van der Waals surface area contributed by atoms with Crippen molar-refractivity contribution in [2.45, 2.75) is 49.7 Å². The molecule has 1 aliphatic heterocycles. The standard InChI is InChI=1S/C13H21N5O4S/c1-3-14-11(20)15-10(19)8(2)23-13-17-16-12(21)18(13)7-9-5-4-6-22-9/h8-9H,3-7H2,1-2H3,(H,16,21)(H2,14,15,19,20)/t8-,9-/m0/s1. The van der Waals surface area contributed by atoms with Crippen LogP contribution in [0.2, 0.25) is 0 Å². The van der Waals surface area contributed by atoms with Gasteiger partial charge in [0.25, 0.3) is 0 Å². The number of nitrogens with one attached hydrogen (secondary N) is 3. The third-order valence-corrected chi connectivity index (χ3v) is 4.45. The Bertz CT molecular complexity index is 608. The zero-order valence-corrected chi connectivity index (χ0v) is 13.9. The van der Waals surface area contributed by atoms with Crippen LogP contribution in [0.5, 0.6) is 0 Å². The van der Waals surface area contributed by atoms with Gasteiger partial charge in [-0.15, -0.1) is 5.10 Å². The van der Waals surface area contributed by atoms with E-state index in [4.69, 9.17) is 4.74 Å². The summed E-state index contributed by atoms with van der Waals surface area (Å²) in [6.45, 7) is 4.94. The molecule has 3 N–H and O–H groups in total. The first kappa shape index (κ1) is 17.5. The van der Waals surface area contributed by atoms with Gasteiger partial charge in [0, 0.05) is 13.2 Å². The summed E-state index contributed by atoms with van der Waals surface area (Å²) in [6, 6.07) is -0.538. The number of aromatic nitrogens is 3. The first-order valence-electron chi connectivity index (χ1n) is 7.53. The van der Waals surface area contributed by atoms with E-state index in [0.29, 0.717) is 24.9 Å². The number of urea groups is 1. The lowest BCUT2D eigenvalue weighted by molar-refractivity contribution is -0.119. The Morgan fingerprint density at radius 3 is 3.00 bits per heavy atom. The van der Waals surface area contributed by atoms with E-state index in [1.54, 1.807) is 13.8 Å². The van der Waals surface area contributed by atoms with Crippen molar-refractivity contribution in [3.05, 3.63) is 10.5 Å². The fraction of sp³-hybridized carbons (Fsp3) is 0.692. The third-order valence-electron chi connectivity index (χ3n) is 3.36. The van der Waals surface area contributed by atoms with Crippen LogP contribution in [0.4, 0.5) is 4.79 Å². The van der Waals surface area contributed by atoms with E-state index in [2.05, 4.69) is 20.8 Å². The predicted octanol–water partition coefficient (Wildman–Crippen LogP) is 0.0767. The number of hydrogen-bond acceptors (Lipinski definition) is 6. The molecule has 3 amide bonds. The van der Waals surface area contributed by atoms with Crippen molar-refractivity contribution >= 4 is 23.7 Å². The van der Waals surface area contributed by atoms with Crippen molar-refractivity contribution in [3.8, 4) is 0 Å². The van der Waals surface area contributed by atoms with Gasteiger partial charge in [-0.2, -0.15) is 0 Å². The third kappa shape index (κ3) is 4.83. The van der Waals surface area contributed by atoms with Gasteiger partial charge in [-0.25, -0.2) is 14.7 Å². The maximum Gasteiger partial charge on any atom is 0.344 e. The number of carbonyl (C=O) groups excluding carboxylic acids is 2. The summed E-state index contributed by atoms with van der Waals surface area (Å²) in [6.07, 6.45) is 1.86. The molecule has 2 heterocycles. The van der Waals surface area contributed by atoms with Crippen LogP contribution >= 0.6 is 11.8 Å². The Morgan fingerprint density at radius 1 is 1.57 bits per heavy atom. The van der Waals surface area contributed by atoms with Crippen molar-refractivity contribution < 1.29 is 14.3 Å². The highest BCUT2D eigenvalue weighted by atomic mass is 32.2. The van der Waals surface area contributed by atoms with Gasteiger partial charge in [-0.05, 0) is 26.7 Å². The Kier molecular flexibility index (Phi) is 6.22. The Balaban J connectivity index is 1.97. The van der Waals surface area contributed by atoms with E-state index in [1.165, 1.54) is 4.57 Å². The normalized spacial score (nSPS) is 18.6. The molecule has 0 radical (unpaired) electrons. The summed E-state index contributed by atoms with van der Waals surface area (Å²) in [7, 11) is 0. The number of H-pyrrole nitrogens is 1. The van der Waals surface area contributed by atoms with Crippen LogP contribution in [-0.4, -0.2) is 51.2 Å². The number of ether oxygens (including phenoxy) is 1. The summed E-state index contributed by atoms with van der Waals surface area (Å²) in [5, 5.41) is 10.9. The lowest BCUT2D eigenvalue weighted by Gasteiger charge is -2.13. The van der Waals surface area contributed by atoms with Gasteiger partial charge in [-0.1, -0.05) is 11.8 Å². The Hall–Kier alpha value is -1.81. The topological polar surface area (TPSA) is 118 Å². The average Bonchev–Trinajstić information content (AvgIpc) is 3.12. The number of rotatable bonds is 6. The molecule has 23 heavy (non-hydrogen) atoms. The largest absolute Gasteiger partial charge is 0.376 e. The number of thioether (sulfide) groups is 1. The minimum absolute atomic E-state index is 0.0101. The first-order chi connectivity index (χ1) is 11.0. The fourth-order valence-corrected chi connectivity index (χ4v) is 3.04. The molecule has 0 bridgehead atoms. The molecular formula is C13H21N5O4S. The molecule has 0 unspecified atom stereocenters. The van der Waals surface area contributed by atoms with E-state index >= 15 is 0 Å². The van der Waals surface area contributed by atoms with Crippen LogP contribution in [0.25, 0.3) is 0 Å². The van der Waals surface area contributed by atoms with Crippen molar-refractivity contribution in [1.29, 1.82) is 0 Å². The van der Waals surface area contributed by atoms with Gasteiger partial charge in [0.15, 0.2) is 5.16 Å². The van der Waals surface area contributed by atoms with Gasteiger partial charge in [0.05, 0.1) is 17.9 Å². The van der Waals surface area contributed by atoms with Crippen molar-refractivity contribution in [3.63, 3.8) is 0 Å². The number of hydrogen-bond donors (Lipinski definition) is 3. The number of nitrogens with zero attached hydrogens (tertiary/aromatic N) is 2. The molecule has 0 spiro atoms. The number of aromatic amines is 1. The predicted molar refractivity (Wildman–Crippen MR) is 84.4 cm³/mol. The van der Waals surface area contributed by atoms with E-state index < -0.39 is 17.2 Å². The summed E-state index contributed by atoms with van der Waals surface area (Å²) in [4.78, 5) is 35.2. The van der Waals surface area contributed by atoms with E-state index in [-0.39, 0.29) is 11.8 Å². The Labute approximate surface area is 137 Å². The second-order valence-electron chi connectivity index (χ2n) is 5.17. The molecule has 2 atom stereocenters. The van der Waals surface area contributed by atoms with Gasteiger partial charge >= 0.3 is 11.7 Å². The minimum atomic E-state index is -0.573. The lowest BCUT2D eigenvalue weighted by atomic mass is 10.2. The van der Waals surface area contributed by atoms with Gasteiger partial charge in [0.1, 0.15) is 0 Å². The van der Waals surface area contributed by atoms with Gasteiger partial charge in [-0.3, -0.25) is 14.7 Å². The molecule has 0 aromatic carbocycles. The molecule has 0 aliphatic carbocycles. The quantitative estimate of drug-likeness (QED) is 0.630. The monoisotopic (exact) mass is 343 g/mol. The maximum atomic E-state index is 12.0. The smallest absolute Gasteiger partial charge is 0.344 e. The van der Waals surface area contributed by atoms with Crippen molar-refractivity contribution in [2.24, 2.45) is 0 Å². The van der Waals surface area contributed by atoms with Crippen LogP contribution in [-0.2, 0) is 16.1 Å². The first-order valence-corrected chi connectivity index (χ1v) is 8.41. The maximum absolute atomic E-state index is 12.0. The highest BCUT2D eigenvalue weighted by molar-refractivity contribution is 8.00. The Morgan fingerprint density at radius 2 is 2.35 bits per heavy atom. The van der Waals surface area contributed by atoms with Crippen molar-refractivity contribution in [2.75, 3.05) is 13.2 Å². The molecule has 1 fully saturated rings. The minimum Gasteiger partial charge on any atom is -0.376 e. The van der Waals surface area contributed by atoms with Crippen LogP contribution in [0, 0.1) is 0 Å². The molecule has 9 nitrogen and oxygen atoms in total. The van der Waals surface area contributed by atoms with Crippen molar-refractivity contribution in [1.82, 2.24) is 25.4 Å². The number of imide groups is 1. The van der Waals surface area contributed by atoms with Crippen LogP contribution in [0.3, 0.4) is 0 Å². The zero-order valence-electron chi connectivity index (χ0n) is 13.1. The highest BCUT2D eigenvalue weighted by Crippen LogP contribution is 2.21.